The van der Waals surface area contributed by atoms with Crippen LogP contribution in [-0.4, -0.2) is 37.9 Å². The molecule has 2 aromatic rings. The highest BCUT2D eigenvalue weighted by Crippen LogP contribution is 2.28. The van der Waals surface area contributed by atoms with Crippen LogP contribution in [-0.2, 0) is 9.53 Å². The number of rotatable bonds is 8. The van der Waals surface area contributed by atoms with Crippen LogP contribution in [0.3, 0.4) is 0 Å². The van der Waals surface area contributed by atoms with Gasteiger partial charge < -0.3 is 14.2 Å². The molecule has 0 saturated heterocycles. The van der Waals surface area contributed by atoms with Crippen molar-refractivity contribution >= 4 is 17.5 Å². The number of esters is 1. The van der Waals surface area contributed by atoms with Gasteiger partial charge >= 0.3 is 5.97 Å². The molecule has 0 aromatic heterocycles. The molecule has 0 spiro atoms. The molecule has 6 heteroatoms. The predicted molar refractivity (Wildman–Crippen MR) is 104 cm³/mol. The van der Waals surface area contributed by atoms with E-state index in [2.05, 4.69) is 0 Å². The molecule has 6 nitrogen and oxygen atoms in total. The fourth-order valence-corrected chi connectivity index (χ4v) is 3.02. The van der Waals surface area contributed by atoms with Crippen molar-refractivity contribution in [3.63, 3.8) is 0 Å². The summed E-state index contributed by atoms with van der Waals surface area (Å²) in [5.74, 6) is -0.395. The van der Waals surface area contributed by atoms with E-state index in [1.807, 2.05) is 32.9 Å². The maximum absolute atomic E-state index is 12.4. The molecular formula is C22H24O6. The summed E-state index contributed by atoms with van der Waals surface area (Å²) in [5, 5.41) is 0. The maximum atomic E-state index is 12.4. The Hall–Kier alpha value is -3.15. The van der Waals surface area contributed by atoms with E-state index in [0.717, 1.165) is 16.7 Å². The monoisotopic (exact) mass is 384 g/mol. The molecule has 0 unspecified atom stereocenters. The Balaban J connectivity index is 1.95. The van der Waals surface area contributed by atoms with Gasteiger partial charge in [-0.1, -0.05) is 17.7 Å². The van der Waals surface area contributed by atoms with Crippen molar-refractivity contribution < 1.29 is 28.6 Å². The number of ether oxygens (including phenoxy) is 3. The van der Waals surface area contributed by atoms with Crippen LogP contribution in [0.2, 0.25) is 0 Å². The quantitative estimate of drug-likeness (QED) is 0.511. The van der Waals surface area contributed by atoms with Crippen LogP contribution in [0.1, 0.15) is 44.3 Å². The standard InChI is InChI=1S/C22H24O6/c1-13-8-14(2)22(15(3)9-13)18(24)11-28-21(25)12-27-19-7-6-17(16(4)23)10-20(19)26-5/h6-10H,11-12H2,1-5H3. The number of hydrogen-bond donors (Lipinski definition) is 0. The minimum atomic E-state index is -0.673. The van der Waals surface area contributed by atoms with Crippen molar-refractivity contribution in [3.05, 3.63) is 58.1 Å². The van der Waals surface area contributed by atoms with Gasteiger partial charge in [0.2, 0.25) is 5.78 Å². The number of aryl methyl sites for hydroxylation is 3. The molecule has 0 aliphatic carbocycles. The van der Waals surface area contributed by atoms with Gasteiger partial charge in [0, 0.05) is 11.1 Å². The lowest BCUT2D eigenvalue weighted by Gasteiger charge is -2.12. The maximum Gasteiger partial charge on any atom is 0.344 e. The van der Waals surface area contributed by atoms with E-state index in [4.69, 9.17) is 14.2 Å². The topological polar surface area (TPSA) is 78.9 Å². The molecule has 2 aromatic carbocycles. The van der Waals surface area contributed by atoms with Crippen LogP contribution in [0.15, 0.2) is 30.3 Å². The second kappa shape index (κ2) is 9.17. The molecule has 0 fully saturated rings. The Kier molecular flexibility index (Phi) is 6.93. The number of carbonyl (C=O) groups excluding carboxylic acids is 3. The molecule has 28 heavy (non-hydrogen) atoms. The molecule has 0 N–H and O–H groups in total. The summed E-state index contributed by atoms with van der Waals surface area (Å²) in [6.45, 7) is 6.39. The Labute approximate surface area is 164 Å². The first-order valence-electron chi connectivity index (χ1n) is 8.81. The van der Waals surface area contributed by atoms with E-state index in [1.54, 1.807) is 12.1 Å². The minimum Gasteiger partial charge on any atom is -0.493 e. The molecule has 148 valence electrons. The number of carbonyl (C=O) groups is 3. The summed E-state index contributed by atoms with van der Waals surface area (Å²) in [6.07, 6.45) is 0. The van der Waals surface area contributed by atoms with Gasteiger partial charge in [-0.2, -0.15) is 0 Å². The van der Waals surface area contributed by atoms with Crippen LogP contribution >= 0.6 is 0 Å². The van der Waals surface area contributed by atoms with E-state index in [-0.39, 0.29) is 24.8 Å². The highest BCUT2D eigenvalue weighted by Gasteiger charge is 2.16. The van der Waals surface area contributed by atoms with Crippen LogP contribution in [0.4, 0.5) is 0 Å². The number of ketones is 2. The number of benzene rings is 2. The van der Waals surface area contributed by atoms with E-state index in [0.29, 0.717) is 22.6 Å². The lowest BCUT2D eigenvalue weighted by Crippen LogP contribution is -2.20. The van der Waals surface area contributed by atoms with Crippen LogP contribution in [0.5, 0.6) is 11.5 Å². The summed E-state index contributed by atoms with van der Waals surface area (Å²) in [4.78, 5) is 35.8. The van der Waals surface area contributed by atoms with Gasteiger partial charge in [0.25, 0.3) is 0 Å². The van der Waals surface area contributed by atoms with Crippen molar-refractivity contribution in [2.45, 2.75) is 27.7 Å². The molecule has 0 radical (unpaired) electrons. The molecule has 0 atom stereocenters. The third kappa shape index (κ3) is 5.19. The molecule has 0 bridgehead atoms. The zero-order valence-electron chi connectivity index (χ0n) is 16.8. The van der Waals surface area contributed by atoms with E-state index < -0.39 is 5.97 Å². The van der Waals surface area contributed by atoms with Gasteiger partial charge in [-0.05, 0) is 57.0 Å². The fraction of sp³-hybridized carbons (Fsp3) is 0.318. The summed E-state index contributed by atoms with van der Waals surface area (Å²) in [5.41, 5.74) is 3.82. The molecular weight excluding hydrogens is 360 g/mol. The summed E-state index contributed by atoms with van der Waals surface area (Å²) in [7, 11) is 1.44. The van der Waals surface area contributed by atoms with E-state index >= 15 is 0 Å². The van der Waals surface area contributed by atoms with Gasteiger partial charge in [0.15, 0.2) is 30.5 Å². The summed E-state index contributed by atoms with van der Waals surface area (Å²) in [6, 6.07) is 8.50. The Morgan fingerprint density at radius 2 is 1.54 bits per heavy atom. The molecule has 0 aliphatic rings. The SMILES string of the molecule is COc1cc(C(C)=O)ccc1OCC(=O)OCC(=O)c1c(C)cc(C)cc1C. The summed E-state index contributed by atoms with van der Waals surface area (Å²) >= 11 is 0. The van der Waals surface area contributed by atoms with Gasteiger partial charge in [0.1, 0.15) is 0 Å². The van der Waals surface area contributed by atoms with Crippen LogP contribution in [0.25, 0.3) is 0 Å². The van der Waals surface area contributed by atoms with Crippen molar-refractivity contribution in [3.8, 4) is 11.5 Å². The van der Waals surface area contributed by atoms with Crippen molar-refractivity contribution in [2.75, 3.05) is 20.3 Å². The number of hydrogen-bond acceptors (Lipinski definition) is 6. The smallest absolute Gasteiger partial charge is 0.344 e. The minimum absolute atomic E-state index is 0.107. The van der Waals surface area contributed by atoms with Crippen LogP contribution < -0.4 is 9.47 Å². The highest BCUT2D eigenvalue weighted by molar-refractivity contribution is 6.00. The second-order valence-electron chi connectivity index (χ2n) is 6.57. The lowest BCUT2D eigenvalue weighted by atomic mass is 9.97. The first kappa shape index (κ1) is 21.2. The molecule has 0 amide bonds. The lowest BCUT2D eigenvalue weighted by molar-refractivity contribution is -0.144. The first-order valence-corrected chi connectivity index (χ1v) is 8.81. The molecule has 0 saturated carbocycles. The number of methoxy groups -OCH3 is 1. The molecule has 0 aliphatic heterocycles. The Bertz CT molecular complexity index is 890. The first-order chi connectivity index (χ1) is 13.2. The van der Waals surface area contributed by atoms with E-state index in [9.17, 15) is 14.4 Å². The zero-order chi connectivity index (χ0) is 20.8. The van der Waals surface area contributed by atoms with Crippen molar-refractivity contribution in [1.29, 1.82) is 0 Å². The van der Waals surface area contributed by atoms with Gasteiger partial charge in [0.05, 0.1) is 7.11 Å². The fourth-order valence-electron chi connectivity index (χ4n) is 3.02. The van der Waals surface area contributed by atoms with Crippen molar-refractivity contribution in [2.24, 2.45) is 0 Å². The third-order valence-corrected chi connectivity index (χ3v) is 4.24. The molecule has 0 heterocycles. The normalized spacial score (nSPS) is 10.3. The zero-order valence-corrected chi connectivity index (χ0v) is 16.8. The molecule has 2 rings (SSSR count). The third-order valence-electron chi connectivity index (χ3n) is 4.24. The largest absolute Gasteiger partial charge is 0.493 e. The second-order valence-corrected chi connectivity index (χ2v) is 6.57. The summed E-state index contributed by atoms with van der Waals surface area (Å²) < 4.78 is 15.6. The Morgan fingerprint density at radius 3 is 2.11 bits per heavy atom. The Morgan fingerprint density at radius 1 is 0.893 bits per heavy atom. The highest BCUT2D eigenvalue weighted by atomic mass is 16.6. The van der Waals surface area contributed by atoms with Crippen LogP contribution in [0, 0.1) is 20.8 Å². The van der Waals surface area contributed by atoms with E-state index in [1.165, 1.54) is 20.1 Å². The predicted octanol–water partition coefficient (Wildman–Crippen LogP) is 3.63. The van der Waals surface area contributed by atoms with Crippen molar-refractivity contribution in [1.82, 2.24) is 0 Å². The number of Topliss-reactive ketones (excluding diaryl/α,β-unsaturated/α-hetero) is 2. The van der Waals surface area contributed by atoms with Gasteiger partial charge in [-0.3, -0.25) is 9.59 Å². The average molecular weight is 384 g/mol. The van der Waals surface area contributed by atoms with Gasteiger partial charge in [-0.25, -0.2) is 4.79 Å². The van der Waals surface area contributed by atoms with Gasteiger partial charge in [-0.15, -0.1) is 0 Å². The average Bonchev–Trinajstić information content (AvgIpc) is 2.63.